The van der Waals surface area contributed by atoms with Gasteiger partial charge in [-0.2, -0.15) is 0 Å². The van der Waals surface area contributed by atoms with E-state index in [0.29, 0.717) is 5.88 Å². The van der Waals surface area contributed by atoms with Gasteiger partial charge in [0.1, 0.15) is 5.75 Å². The molecule has 16 heavy (non-hydrogen) atoms. The highest BCUT2D eigenvalue weighted by Gasteiger charge is 2.60. The molecule has 88 valence electrons. The number of hydrogen-bond acceptors (Lipinski definition) is 4. The molecule has 2 rings (SSSR count). The Hall–Kier alpha value is -1.29. The number of ether oxygens (including phenoxy) is 2. The Balaban J connectivity index is 2.47. The lowest BCUT2D eigenvalue weighted by molar-refractivity contribution is 0.375. The van der Waals surface area contributed by atoms with Gasteiger partial charge in [0.05, 0.1) is 26.0 Å². The van der Waals surface area contributed by atoms with Gasteiger partial charge in [0.2, 0.25) is 5.88 Å². The molecule has 0 radical (unpaired) electrons. The van der Waals surface area contributed by atoms with E-state index in [-0.39, 0.29) is 11.0 Å². The summed E-state index contributed by atoms with van der Waals surface area (Å²) in [6, 6.07) is 1.87. The van der Waals surface area contributed by atoms with Crippen molar-refractivity contribution in [2.24, 2.45) is 11.1 Å². The van der Waals surface area contributed by atoms with E-state index < -0.39 is 0 Å². The van der Waals surface area contributed by atoms with Gasteiger partial charge < -0.3 is 15.2 Å². The molecule has 1 aliphatic carbocycles. The first-order chi connectivity index (χ1) is 7.44. The number of hydrogen-bond donors (Lipinski definition) is 1. The second-order valence-electron chi connectivity index (χ2n) is 4.96. The minimum Gasteiger partial charge on any atom is -0.495 e. The minimum absolute atomic E-state index is 0.104. The van der Waals surface area contributed by atoms with Gasteiger partial charge in [0, 0.05) is 11.6 Å². The van der Waals surface area contributed by atoms with Crippen LogP contribution in [0.5, 0.6) is 11.6 Å². The largest absolute Gasteiger partial charge is 0.495 e. The second-order valence-corrected chi connectivity index (χ2v) is 4.96. The fourth-order valence-corrected chi connectivity index (χ4v) is 2.16. The first-order valence-electron chi connectivity index (χ1n) is 5.32. The molecular weight excluding hydrogens is 204 g/mol. The fourth-order valence-electron chi connectivity index (χ4n) is 2.16. The third-order valence-electron chi connectivity index (χ3n) is 3.56. The van der Waals surface area contributed by atoms with Gasteiger partial charge >= 0.3 is 0 Å². The highest BCUT2D eigenvalue weighted by molar-refractivity contribution is 5.46. The van der Waals surface area contributed by atoms with Gasteiger partial charge in [-0.3, -0.25) is 0 Å². The summed E-state index contributed by atoms with van der Waals surface area (Å²) in [6.45, 7) is 4.30. The Morgan fingerprint density at radius 3 is 2.38 bits per heavy atom. The molecule has 1 heterocycles. The van der Waals surface area contributed by atoms with Crippen molar-refractivity contribution in [3.63, 3.8) is 0 Å². The summed E-state index contributed by atoms with van der Waals surface area (Å²) in [5, 5.41) is 0. The maximum Gasteiger partial charge on any atom is 0.213 e. The van der Waals surface area contributed by atoms with Crippen molar-refractivity contribution >= 4 is 0 Å². The van der Waals surface area contributed by atoms with Crippen molar-refractivity contribution in [2.45, 2.75) is 25.8 Å². The molecule has 4 heteroatoms. The zero-order valence-electron chi connectivity index (χ0n) is 10.2. The summed E-state index contributed by atoms with van der Waals surface area (Å²) in [5.74, 6) is 1.30. The van der Waals surface area contributed by atoms with E-state index >= 15 is 0 Å². The Bertz CT molecular complexity index is 417. The number of nitrogens with zero attached hydrogens (tertiary/aromatic N) is 1. The average molecular weight is 222 g/mol. The van der Waals surface area contributed by atoms with Crippen LogP contribution >= 0.6 is 0 Å². The molecule has 0 spiro atoms. The third kappa shape index (κ3) is 1.45. The smallest absolute Gasteiger partial charge is 0.213 e. The first kappa shape index (κ1) is 11.2. The number of nitrogens with two attached hydrogens (primary N) is 1. The molecule has 0 saturated heterocycles. The zero-order valence-corrected chi connectivity index (χ0v) is 10.2. The Labute approximate surface area is 95.8 Å². The van der Waals surface area contributed by atoms with E-state index in [9.17, 15) is 0 Å². The lowest BCUT2D eigenvalue weighted by Crippen LogP contribution is -2.26. The highest BCUT2D eigenvalue weighted by atomic mass is 16.5. The maximum atomic E-state index is 6.38. The molecule has 0 amide bonds. The quantitative estimate of drug-likeness (QED) is 0.845. The van der Waals surface area contributed by atoms with E-state index in [1.54, 1.807) is 20.4 Å². The van der Waals surface area contributed by atoms with Crippen LogP contribution in [0.2, 0.25) is 0 Å². The van der Waals surface area contributed by atoms with Crippen LogP contribution in [0.15, 0.2) is 12.3 Å². The van der Waals surface area contributed by atoms with Gasteiger partial charge in [0.15, 0.2) is 0 Å². The number of pyridine rings is 1. The van der Waals surface area contributed by atoms with Crippen molar-refractivity contribution in [1.29, 1.82) is 0 Å². The van der Waals surface area contributed by atoms with Gasteiger partial charge in [0.25, 0.3) is 0 Å². The van der Waals surface area contributed by atoms with Crippen LogP contribution in [0.4, 0.5) is 0 Å². The molecule has 1 aliphatic rings. The summed E-state index contributed by atoms with van der Waals surface area (Å²) >= 11 is 0. The van der Waals surface area contributed by atoms with Crippen LogP contribution in [0, 0.1) is 5.41 Å². The zero-order chi connectivity index (χ0) is 12.0. The van der Waals surface area contributed by atoms with E-state index in [2.05, 4.69) is 18.8 Å². The molecule has 0 aromatic carbocycles. The third-order valence-corrected chi connectivity index (χ3v) is 3.56. The number of aromatic nitrogens is 1. The monoisotopic (exact) mass is 222 g/mol. The predicted octanol–water partition coefficient (Wildman–Crippen LogP) is 1.68. The topological polar surface area (TPSA) is 57.4 Å². The fraction of sp³-hybridized carbons (Fsp3) is 0.583. The standard InChI is InChI=1S/C12H18N2O2/c1-11(2)7-12(11,13)8-5-10(16-4)14-6-9(8)15-3/h5-6H,7,13H2,1-4H3. The minimum atomic E-state index is -0.325. The van der Waals surface area contributed by atoms with Crippen LogP contribution in [-0.2, 0) is 5.54 Å². The van der Waals surface area contributed by atoms with E-state index in [0.717, 1.165) is 17.7 Å². The molecule has 1 fully saturated rings. The van der Waals surface area contributed by atoms with E-state index in [1.165, 1.54) is 0 Å². The maximum absolute atomic E-state index is 6.38. The molecule has 2 N–H and O–H groups in total. The van der Waals surface area contributed by atoms with Crippen LogP contribution in [0.25, 0.3) is 0 Å². The Morgan fingerprint density at radius 2 is 1.94 bits per heavy atom. The molecule has 0 bridgehead atoms. The van der Waals surface area contributed by atoms with Gasteiger partial charge in [-0.25, -0.2) is 4.98 Å². The van der Waals surface area contributed by atoms with Crippen molar-refractivity contribution in [3.05, 3.63) is 17.8 Å². The summed E-state index contributed by atoms with van der Waals surface area (Å²) in [6.07, 6.45) is 2.61. The van der Waals surface area contributed by atoms with Gasteiger partial charge in [-0.15, -0.1) is 0 Å². The second kappa shape index (κ2) is 3.35. The van der Waals surface area contributed by atoms with Crippen molar-refractivity contribution < 1.29 is 9.47 Å². The van der Waals surface area contributed by atoms with E-state index in [1.807, 2.05) is 6.07 Å². The SMILES string of the molecule is COc1cc(C2(N)CC2(C)C)c(OC)cn1. The van der Waals surface area contributed by atoms with Crippen molar-refractivity contribution in [3.8, 4) is 11.6 Å². The molecule has 0 aliphatic heterocycles. The molecule has 1 aromatic heterocycles. The summed E-state index contributed by atoms with van der Waals surface area (Å²) in [5.41, 5.74) is 7.14. The molecule has 1 aromatic rings. The molecule has 1 unspecified atom stereocenters. The summed E-state index contributed by atoms with van der Waals surface area (Å²) in [7, 11) is 3.23. The lowest BCUT2D eigenvalue weighted by atomic mass is 9.97. The van der Waals surface area contributed by atoms with Crippen molar-refractivity contribution in [2.75, 3.05) is 14.2 Å². The van der Waals surface area contributed by atoms with Gasteiger partial charge in [-0.1, -0.05) is 13.8 Å². The molecule has 1 saturated carbocycles. The first-order valence-corrected chi connectivity index (χ1v) is 5.32. The van der Waals surface area contributed by atoms with Crippen LogP contribution in [-0.4, -0.2) is 19.2 Å². The normalized spacial score (nSPS) is 26.3. The number of rotatable bonds is 3. The van der Waals surface area contributed by atoms with Crippen LogP contribution in [0.1, 0.15) is 25.8 Å². The molecular formula is C12H18N2O2. The lowest BCUT2D eigenvalue weighted by Gasteiger charge is -2.18. The number of methoxy groups -OCH3 is 2. The Kier molecular flexibility index (Phi) is 2.35. The average Bonchev–Trinajstić information content (AvgIpc) is 2.78. The van der Waals surface area contributed by atoms with Crippen LogP contribution in [0.3, 0.4) is 0 Å². The molecule has 4 nitrogen and oxygen atoms in total. The summed E-state index contributed by atoms with van der Waals surface area (Å²) < 4.78 is 10.4. The molecule has 1 atom stereocenters. The Morgan fingerprint density at radius 1 is 1.31 bits per heavy atom. The van der Waals surface area contributed by atoms with Gasteiger partial charge in [-0.05, 0) is 11.8 Å². The van der Waals surface area contributed by atoms with Crippen LogP contribution < -0.4 is 15.2 Å². The summed E-state index contributed by atoms with van der Waals surface area (Å²) in [4.78, 5) is 4.11. The highest BCUT2D eigenvalue weighted by Crippen LogP contribution is 2.62. The predicted molar refractivity (Wildman–Crippen MR) is 61.6 cm³/mol. The van der Waals surface area contributed by atoms with E-state index in [4.69, 9.17) is 15.2 Å². The van der Waals surface area contributed by atoms with Crippen molar-refractivity contribution in [1.82, 2.24) is 4.98 Å².